The van der Waals surface area contributed by atoms with Crippen LogP contribution in [0, 0.1) is 0 Å². The molecule has 9 nitrogen and oxygen atoms in total. The summed E-state index contributed by atoms with van der Waals surface area (Å²) < 4.78 is 6.99. The molecule has 2 aromatic heterocycles. The number of ether oxygens (including phenoxy) is 1. The molecule has 1 aliphatic rings. The molecule has 0 saturated heterocycles. The van der Waals surface area contributed by atoms with Gasteiger partial charge in [-0.05, 0) is 70.2 Å². The van der Waals surface area contributed by atoms with Crippen molar-refractivity contribution >= 4 is 17.7 Å². The van der Waals surface area contributed by atoms with Crippen LogP contribution >= 0.6 is 11.6 Å². The molecule has 0 bridgehead atoms. The van der Waals surface area contributed by atoms with E-state index in [0.29, 0.717) is 23.0 Å². The minimum atomic E-state index is -0.577. The van der Waals surface area contributed by atoms with Crippen molar-refractivity contribution in [1.29, 1.82) is 0 Å². The van der Waals surface area contributed by atoms with Crippen LogP contribution < -0.4 is 10.9 Å². The highest BCUT2D eigenvalue weighted by Crippen LogP contribution is 2.43. The van der Waals surface area contributed by atoms with Crippen molar-refractivity contribution in [3.05, 3.63) is 63.5 Å². The first-order chi connectivity index (χ1) is 16.2. The third kappa shape index (κ3) is 5.47. The van der Waals surface area contributed by atoms with Gasteiger partial charge < -0.3 is 10.1 Å². The number of aromatic nitrogens is 5. The number of halogens is 1. The molecule has 34 heavy (non-hydrogen) atoms. The Hall–Kier alpha value is -3.20. The zero-order valence-electron chi connectivity index (χ0n) is 19.5. The lowest BCUT2D eigenvalue weighted by Gasteiger charge is -2.41. The summed E-state index contributed by atoms with van der Waals surface area (Å²) in [6, 6.07) is 10.9. The predicted molar refractivity (Wildman–Crippen MR) is 129 cm³/mol. The number of aromatic amines is 1. The Bertz CT molecular complexity index is 1190. The standard InChI is InChI=1S/C24H29ClN6O3/c1-23(2,3)34-22(33)26-15-24(16-5-4-6-17(25)13-16)11-9-18(10-12-24)31-21(32)8-7-19(29-31)20-14-27-30-28-20/h4-8,13-14,18H,9-12,15H2,1-3H3,(H,26,33)(H,27,28,30)/t18-,24+. The van der Waals surface area contributed by atoms with E-state index in [9.17, 15) is 9.59 Å². The lowest BCUT2D eigenvalue weighted by atomic mass is 9.68. The maximum Gasteiger partial charge on any atom is 0.407 e. The SMILES string of the molecule is CC(C)(C)OC(=O)NC[C@]1(c2cccc(Cl)c2)CC[C@@H](n2nc(-c3c[nH]nn3)ccc2=O)CC1. The molecule has 1 saturated carbocycles. The minimum Gasteiger partial charge on any atom is -0.444 e. The van der Waals surface area contributed by atoms with E-state index in [0.717, 1.165) is 31.2 Å². The van der Waals surface area contributed by atoms with Crippen LogP contribution in [0.15, 0.2) is 47.4 Å². The first-order valence-corrected chi connectivity index (χ1v) is 11.7. The summed E-state index contributed by atoms with van der Waals surface area (Å²) in [4.78, 5) is 25.0. The lowest BCUT2D eigenvalue weighted by molar-refractivity contribution is 0.0504. The molecule has 1 amide bonds. The molecule has 1 fully saturated rings. The Morgan fingerprint density at radius 2 is 2.00 bits per heavy atom. The quantitative estimate of drug-likeness (QED) is 0.559. The second-order valence-electron chi connectivity index (χ2n) is 9.74. The van der Waals surface area contributed by atoms with E-state index in [1.807, 2.05) is 45.0 Å². The Morgan fingerprint density at radius 3 is 2.65 bits per heavy atom. The van der Waals surface area contributed by atoms with Gasteiger partial charge in [-0.3, -0.25) is 9.89 Å². The number of alkyl carbamates (subject to hydrolysis) is 1. The average Bonchev–Trinajstić information content (AvgIpc) is 3.32. The summed E-state index contributed by atoms with van der Waals surface area (Å²) in [5, 5.41) is 18.5. The van der Waals surface area contributed by atoms with Crippen LogP contribution in [-0.2, 0) is 10.2 Å². The van der Waals surface area contributed by atoms with Crippen LogP contribution in [0.5, 0.6) is 0 Å². The lowest BCUT2D eigenvalue weighted by Crippen LogP contribution is -2.45. The molecule has 2 heterocycles. The van der Waals surface area contributed by atoms with Gasteiger partial charge in [0.2, 0.25) is 0 Å². The highest BCUT2D eigenvalue weighted by Gasteiger charge is 2.39. The molecule has 0 unspecified atom stereocenters. The monoisotopic (exact) mass is 484 g/mol. The molecular weight excluding hydrogens is 456 g/mol. The van der Waals surface area contributed by atoms with Crippen molar-refractivity contribution in [2.45, 2.75) is 63.5 Å². The number of carbonyl (C=O) groups is 1. The highest BCUT2D eigenvalue weighted by molar-refractivity contribution is 6.30. The fourth-order valence-electron chi connectivity index (χ4n) is 4.49. The zero-order valence-corrected chi connectivity index (χ0v) is 20.3. The van der Waals surface area contributed by atoms with Gasteiger partial charge in [0.15, 0.2) is 0 Å². The maximum atomic E-state index is 12.6. The van der Waals surface area contributed by atoms with Crippen molar-refractivity contribution in [2.24, 2.45) is 0 Å². The van der Waals surface area contributed by atoms with Gasteiger partial charge in [-0.15, -0.1) is 5.10 Å². The van der Waals surface area contributed by atoms with Crippen LogP contribution in [-0.4, -0.2) is 43.4 Å². The van der Waals surface area contributed by atoms with Crippen molar-refractivity contribution in [3.63, 3.8) is 0 Å². The third-order valence-electron chi connectivity index (χ3n) is 6.17. The molecule has 1 aromatic carbocycles. The molecule has 180 valence electrons. The first-order valence-electron chi connectivity index (χ1n) is 11.3. The molecular formula is C24H29ClN6O3. The fraction of sp³-hybridized carbons (Fsp3) is 0.458. The van der Waals surface area contributed by atoms with Crippen LogP contribution in [0.3, 0.4) is 0 Å². The molecule has 10 heteroatoms. The van der Waals surface area contributed by atoms with Gasteiger partial charge in [0.05, 0.1) is 12.2 Å². The van der Waals surface area contributed by atoms with E-state index in [1.165, 1.54) is 6.07 Å². The maximum absolute atomic E-state index is 12.6. The van der Waals surface area contributed by atoms with Gasteiger partial charge in [-0.25, -0.2) is 9.48 Å². The average molecular weight is 485 g/mol. The second kappa shape index (κ2) is 9.58. The van der Waals surface area contributed by atoms with Crippen LogP contribution in [0.1, 0.15) is 58.1 Å². The third-order valence-corrected chi connectivity index (χ3v) is 6.40. The number of benzene rings is 1. The summed E-state index contributed by atoms with van der Waals surface area (Å²) >= 11 is 6.31. The van der Waals surface area contributed by atoms with Crippen LogP contribution in [0.25, 0.3) is 11.4 Å². The van der Waals surface area contributed by atoms with Gasteiger partial charge in [-0.1, -0.05) is 28.9 Å². The van der Waals surface area contributed by atoms with Gasteiger partial charge in [0.1, 0.15) is 17.0 Å². The number of H-pyrrole nitrogens is 1. The van der Waals surface area contributed by atoms with Crippen LogP contribution in [0.4, 0.5) is 4.79 Å². The summed E-state index contributed by atoms with van der Waals surface area (Å²) in [7, 11) is 0. The van der Waals surface area contributed by atoms with Gasteiger partial charge in [0.25, 0.3) is 5.56 Å². The van der Waals surface area contributed by atoms with E-state index in [1.54, 1.807) is 16.9 Å². The topological polar surface area (TPSA) is 115 Å². The predicted octanol–water partition coefficient (Wildman–Crippen LogP) is 4.26. The number of nitrogens with zero attached hydrogens (tertiary/aromatic N) is 4. The molecule has 2 N–H and O–H groups in total. The van der Waals surface area contributed by atoms with Gasteiger partial charge in [-0.2, -0.15) is 5.10 Å². The van der Waals surface area contributed by atoms with E-state index in [-0.39, 0.29) is 17.0 Å². The zero-order chi connectivity index (χ0) is 24.3. The molecule has 0 atom stereocenters. The largest absolute Gasteiger partial charge is 0.444 e. The Balaban J connectivity index is 1.55. The van der Waals surface area contributed by atoms with Gasteiger partial charge in [0, 0.05) is 23.0 Å². The molecule has 4 rings (SSSR count). The number of nitrogens with one attached hydrogen (secondary N) is 2. The number of amides is 1. The summed E-state index contributed by atoms with van der Waals surface area (Å²) in [5.41, 5.74) is 1.18. The Kier molecular flexibility index (Phi) is 6.74. The van der Waals surface area contributed by atoms with E-state index < -0.39 is 11.7 Å². The first kappa shape index (κ1) is 23.9. The number of carbonyl (C=O) groups excluding carboxylic acids is 1. The highest BCUT2D eigenvalue weighted by atomic mass is 35.5. The van der Waals surface area contributed by atoms with Gasteiger partial charge >= 0.3 is 6.09 Å². The van der Waals surface area contributed by atoms with Crippen molar-refractivity contribution in [3.8, 4) is 11.4 Å². The van der Waals surface area contributed by atoms with Crippen LogP contribution in [0.2, 0.25) is 5.02 Å². The second-order valence-corrected chi connectivity index (χ2v) is 10.2. The number of hydrogen-bond donors (Lipinski definition) is 2. The number of rotatable bonds is 5. The summed E-state index contributed by atoms with van der Waals surface area (Å²) in [6.07, 6.45) is 4.13. The molecule has 0 aliphatic heterocycles. The molecule has 0 spiro atoms. The minimum absolute atomic E-state index is 0.0619. The summed E-state index contributed by atoms with van der Waals surface area (Å²) in [6.45, 7) is 5.92. The normalized spacial score (nSPS) is 20.6. The molecule has 1 aliphatic carbocycles. The molecule has 3 aromatic rings. The van der Waals surface area contributed by atoms with Crippen molar-refractivity contribution in [1.82, 2.24) is 30.5 Å². The molecule has 0 radical (unpaired) electrons. The smallest absolute Gasteiger partial charge is 0.407 e. The van der Waals surface area contributed by atoms with E-state index in [2.05, 4.69) is 25.8 Å². The number of hydrogen-bond acceptors (Lipinski definition) is 6. The van der Waals surface area contributed by atoms with Crippen molar-refractivity contribution in [2.75, 3.05) is 6.54 Å². The van der Waals surface area contributed by atoms with E-state index >= 15 is 0 Å². The van der Waals surface area contributed by atoms with E-state index in [4.69, 9.17) is 16.3 Å². The fourth-order valence-corrected chi connectivity index (χ4v) is 4.68. The van der Waals surface area contributed by atoms with Crippen molar-refractivity contribution < 1.29 is 9.53 Å². The Labute approximate surface area is 202 Å². The Morgan fingerprint density at radius 1 is 1.24 bits per heavy atom. The summed E-state index contributed by atoms with van der Waals surface area (Å²) in [5.74, 6) is 0.